The number of rotatable bonds is 10. The van der Waals surface area contributed by atoms with Crippen LogP contribution in [0.1, 0.15) is 55.1 Å². The second-order valence-electron chi connectivity index (χ2n) is 8.18. The topological polar surface area (TPSA) is 70.5 Å². The van der Waals surface area contributed by atoms with E-state index in [1.807, 2.05) is 18.2 Å². The van der Waals surface area contributed by atoms with Crippen LogP contribution in [0.4, 0.5) is 0 Å². The molecule has 0 saturated carbocycles. The van der Waals surface area contributed by atoms with Crippen LogP contribution in [0.25, 0.3) is 5.57 Å². The van der Waals surface area contributed by atoms with Crippen LogP contribution in [0.2, 0.25) is 0 Å². The Balaban J connectivity index is 0.00000114. The standard InChI is InChI=1S/C22H30N3O3S.C2H6O/c1-3-4-5-9-15-27-21-20(23-29-24-21)19-13-10-14-25(2,16-19)17-28-22(26)18-11-7-6-8-12-18;1-3-2/h6-8,11-13H,3-5,9-10,14-17H2,1-2H3;1-2H3/q+1;. The molecule has 176 valence electrons. The second-order valence-corrected chi connectivity index (χ2v) is 8.71. The van der Waals surface area contributed by atoms with Gasteiger partial charge < -0.3 is 14.2 Å². The number of carbonyl (C=O) groups is 1. The monoisotopic (exact) mass is 462 g/mol. The molecule has 1 aromatic carbocycles. The van der Waals surface area contributed by atoms with Crippen molar-refractivity contribution in [1.82, 2.24) is 8.75 Å². The first-order valence-corrected chi connectivity index (χ1v) is 11.9. The third-order valence-electron chi connectivity index (χ3n) is 5.13. The number of quaternary nitrogens is 1. The molecule has 2 heterocycles. The van der Waals surface area contributed by atoms with Gasteiger partial charge in [-0.25, -0.2) is 4.79 Å². The van der Waals surface area contributed by atoms with E-state index in [1.165, 1.54) is 31.0 Å². The maximum Gasteiger partial charge on any atom is 0.342 e. The minimum absolute atomic E-state index is 0.285. The number of hydrogen-bond donors (Lipinski definition) is 0. The fourth-order valence-electron chi connectivity index (χ4n) is 3.43. The van der Waals surface area contributed by atoms with Crippen LogP contribution in [-0.2, 0) is 9.47 Å². The zero-order valence-electron chi connectivity index (χ0n) is 19.7. The molecule has 1 aliphatic heterocycles. The summed E-state index contributed by atoms with van der Waals surface area (Å²) in [6.45, 7) is 4.85. The molecule has 2 aromatic rings. The maximum absolute atomic E-state index is 12.3. The van der Waals surface area contributed by atoms with Crippen molar-refractivity contribution in [2.45, 2.75) is 39.0 Å². The summed E-state index contributed by atoms with van der Waals surface area (Å²) in [5, 5.41) is 0. The minimum Gasteiger partial charge on any atom is -0.475 e. The van der Waals surface area contributed by atoms with Crippen LogP contribution in [0.3, 0.4) is 0 Å². The highest BCUT2D eigenvalue weighted by Crippen LogP contribution is 2.30. The quantitative estimate of drug-likeness (QED) is 0.287. The van der Waals surface area contributed by atoms with Crippen molar-refractivity contribution in [2.24, 2.45) is 0 Å². The third kappa shape index (κ3) is 8.33. The highest BCUT2D eigenvalue weighted by atomic mass is 32.1. The summed E-state index contributed by atoms with van der Waals surface area (Å²) in [5.74, 6) is 0.347. The van der Waals surface area contributed by atoms with Gasteiger partial charge in [-0.3, -0.25) is 4.48 Å². The first kappa shape index (κ1) is 26.0. The summed E-state index contributed by atoms with van der Waals surface area (Å²) in [6, 6.07) is 9.11. The van der Waals surface area contributed by atoms with Crippen LogP contribution in [0.15, 0.2) is 36.4 Å². The molecule has 3 rings (SSSR count). The average Bonchev–Trinajstić information content (AvgIpc) is 3.27. The molecule has 1 unspecified atom stereocenters. The number of likely N-dealkylation sites (N-methyl/N-ethyl adjacent to an activating group) is 1. The van der Waals surface area contributed by atoms with E-state index in [9.17, 15) is 4.79 Å². The maximum atomic E-state index is 12.3. The number of hydrogen-bond acceptors (Lipinski definition) is 7. The van der Waals surface area contributed by atoms with Gasteiger partial charge in [0.1, 0.15) is 12.2 Å². The Bertz CT molecular complexity index is 841. The largest absolute Gasteiger partial charge is 0.475 e. The SMILES string of the molecule is CCCCCCOc1nsnc1C1=CCC[N+](C)(COC(=O)c2ccccc2)C1.COC. The summed E-state index contributed by atoms with van der Waals surface area (Å²) in [7, 11) is 5.36. The van der Waals surface area contributed by atoms with Crippen molar-refractivity contribution in [3.05, 3.63) is 47.7 Å². The molecule has 32 heavy (non-hydrogen) atoms. The number of nitrogens with zero attached hydrogens (tertiary/aromatic N) is 3. The van der Waals surface area contributed by atoms with Gasteiger partial charge in [-0.05, 0) is 18.6 Å². The van der Waals surface area contributed by atoms with Gasteiger partial charge >= 0.3 is 5.97 Å². The lowest BCUT2D eigenvalue weighted by molar-refractivity contribution is -0.919. The van der Waals surface area contributed by atoms with Gasteiger partial charge in [-0.1, -0.05) is 50.5 Å². The van der Waals surface area contributed by atoms with Crippen molar-refractivity contribution in [3.8, 4) is 5.88 Å². The summed E-state index contributed by atoms with van der Waals surface area (Å²) in [6.07, 6.45) is 7.76. The van der Waals surface area contributed by atoms with Gasteiger partial charge in [0.2, 0.25) is 6.73 Å². The predicted octanol–water partition coefficient (Wildman–Crippen LogP) is 4.81. The van der Waals surface area contributed by atoms with E-state index in [0.717, 1.165) is 37.2 Å². The average molecular weight is 463 g/mol. The number of esters is 1. The number of aromatic nitrogens is 2. The molecule has 0 amide bonds. The van der Waals surface area contributed by atoms with E-state index in [-0.39, 0.29) is 5.97 Å². The van der Waals surface area contributed by atoms with Crippen LogP contribution >= 0.6 is 11.7 Å². The van der Waals surface area contributed by atoms with E-state index >= 15 is 0 Å². The van der Waals surface area contributed by atoms with E-state index in [2.05, 4.69) is 33.5 Å². The Morgan fingerprint density at radius 3 is 2.59 bits per heavy atom. The van der Waals surface area contributed by atoms with Crippen molar-refractivity contribution >= 4 is 23.3 Å². The molecule has 1 aliphatic rings. The first-order valence-electron chi connectivity index (χ1n) is 11.1. The molecule has 0 bridgehead atoms. The molecule has 0 saturated heterocycles. The summed E-state index contributed by atoms with van der Waals surface area (Å²) in [5.41, 5.74) is 2.53. The minimum atomic E-state index is -0.285. The summed E-state index contributed by atoms with van der Waals surface area (Å²) >= 11 is 1.19. The zero-order chi connectivity index (χ0) is 23.2. The van der Waals surface area contributed by atoms with Gasteiger partial charge in [-0.15, -0.1) is 4.37 Å². The normalized spacial score (nSPS) is 17.7. The van der Waals surface area contributed by atoms with Gasteiger partial charge in [0.15, 0.2) is 0 Å². The molecule has 0 aliphatic carbocycles. The second kappa shape index (κ2) is 14.0. The summed E-state index contributed by atoms with van der Waals surface area (Å²) < 4.78 is 25.2. The van der Waals surface area contributed by atoms with Crippen LogP contribution in [-0.4, -0.2) is 66.9 Å². The molecule has 0 radical (unpaired) electrons. The van der Waals surface area contributed by atoms with Crippen molar-refractivity contribution in [1.29, 1.82) is 0 Å². The van der Waals surface area contributed by atoms with E-state index in [1.54, 1.807) is 26.4 Å². The molecule has 0 fully saturated rings. The van der Waals surface area contributed by atoms with Crippen molar-refractivity contribution < 1.29 is 23.5 Å². The van der Waals surface area contributed by atoms with Gasteiger partial charge in [-0.2, -0.15) is 4.37 Å². The summed E-state index contributed by atoms with van der Waals surface area (Å²) in [4.78, 5) is 12.3. The van der Waals surface area contributed by atoms with Crippen LogP contribution in [0.5, 0.6) is 5.88 Å². The van der Waals surface area contributed by atoms with Crippen molar-refractivity contribution in [3.63, 3.8) is 0 Å². The third-order valence-corrected chi connectivity index (χ3v) is 5.64. The zero-order valence-corrected chi connectivity index (χ0v) is 20.5. The number of methoxy groups -OCH3 is 1. The Hall–Kier alpha value is -2.29. The first-order chi connectivity index (χ1) is 15.5. The lowest BCUT2D eigenvalue weighted by Crippen LogP contribution is -2.49. The molecule has 1 aromatic heterocycles. The highest BCUT2D eigenvalue weighted by Gasteiger charge is 2.31. The predicted molar refractivity (Wildman–Crippen MR) is 128 cm³/mol. The highest BCUT2D eigenvalue weighted by molar-refractivity contribution is 6.99. The van der Waals surface area contributed by atoms with Crippen LogP contribution < -0.4 is 4.74 Å². The van der Waals surface area contributed by atoms with Gasteiger partial charge in [0.05, 0.1) is 37.5 Å². The Morgan fingerprint density at radius 1 is 1.12 bits per heavy atom. The lowest BCUT2D eigenvalue weighted by atomic mass is 10.1. The number of unbranched alkanes of at least 4 members (excludes halogenated alkanes) is 3. The molecule has 8 heteroatoms. The molecular formula is C24H36N3O4S+. The molecule has 0 spiro atoms. The number of ether oxygens (including phenoxy) is 3. The lowest BCUT2D eigenvalue weighted by Gasteiger charge is -2.36. The van der Waals surface area contributed by atoms with E-state index < -0.39 is 0 Å². The Kier molecular flexibility index (Phi) is 11.3. The number of carbonyl (C=O) groups excluding carboxylic acids is 1. The molecule has 1 atom stereocenters. The number of benzene rings is 1. The molecule has 7 nitrogen and oxygen atoms in total. The molecule has 0 N–H and O–H groups in total. The fourth-order valence-corrected chi connectivity index (χ4v) is 3.96. The fraction of sp³-hybridized carbons (Fsp3) is 0.542. The molecular weight excluding hydrogens is 426 g/mol. The van der Waals surface area contributed by atoms with Gasteiger partial charge in [0.25, 0.3) is 5.88 Å². The van der Waals surface area contributed by atoms with Crippen molar-refractivity contribution in [2.75, 3.05) is 47.7 Å². The smallest absolute Gasteiger partial charge is 0.342 e. The van der Waals surface area contributed by atoms with Gasteiger partial charge in [0, 0.05) is 26.2 Å². The van der Waals surface area contributed by atoms with E-state index in [4.69, 9.17) is 9.47 Å². The van der Waals surface area contributed by atoms with Crippen LogP contribution in [0, 0.1) is 0 Å². The van der Waals surface area contributed by atoms with E-state index in [0.29, 0.717) is 29.3 Å². The Labute approximate surface area is 195 Å². The Morgan fingerprint density at radius 2 is 1.88 bits per heavy atom.